The van der Waals surface area contributed by atoms with Crippen molar-refractivity contribution in [2.45, 2.75) is 318 Å². The maximum Gasteiger partial charge on any atom is 0.244 e. The van der Waals surface area contributed by atoms with E-state index >= 15 is 0 Å². The van der Waals surface area contributed by atoms with Crippen LogP contribution in [-0.4, -0.2) is 218 Å². The highest BCUT2D eigenvalue weighted by Crippen LogP contribution is 2.16. The number of nitrogens with one attached hydrogen (secondary N) is 10. The molecule has 10 unspecified atom stereocenters. The zero-order chi connectivity index (χ0) is 78.8. The van der Waals surface area contributed by atoms with Gasteiger partial charge in [-0.1, -0.05) is 155 Å². The predicted molar refractivity (Wildman–Crippen MR) is 485 cm³/mol. The molecule has 0 aromatic rings. The molecule has 0 aliphatic heterocycles. The Kier molecular flexibility index (Phi) is 102. The summed E-state index contributed by atoms with van der Waals surface area (Å²) in [6.07, 6.45) is 30.1. The van der Waals surface area contributed by atoms with Gasteiger partial charge in [-0.25, -0.2) is 0 Å². The smallest absolute Gasteiger partial charge is 0.244 e. The molecule has 0 aliphatic rings. The van der Waals surface area contributed by atoms with Crippen molar-refractivity contribution in [2.24, 2.45) is 45.9 Å². The molecule has 40 heteroatoms. The minimum Gasteiger partial charge on any atom is -0.394 e. The van der Waals surface area contributed by atoms with Crippen molar-refractivity contribution in [3.05, 3.63) is 0 Å². The number of carbonyl (C=O) groups is 10. The van der Waals surface area contributed by atoms with E-state index in [4.69, 9.17) is 45.9 Å². The van der Waals surface area contributed by atoms with Crippen molar-refractivity contribution in [3.63, 3.8) is 0 Å². The lowest BCUT2D eigenvalue weighted by Crippen LogP contribution is -2.59. The Labute approximate surface area is 740 Å². The van der Waals surface area contributed by atoms with E-state index in [0.29, 0.717) is 129 Å². The van der Waals surface area contributed by atoms with Crippen molar-refractivity contribution in [2.75, 3.05) is 88.6 Å². The third-order valence-electron chi connectivity index (χ3n) is 18.4. The number of amides is 10. The quantitative estimate of drug-likeness (QED) is 0.0348. The zero-order valence-electron chi connectivity index (χ0n) is 68.2. The Morgan fingerprint density at radius 2 is 0.465 bits per heavy atom. The number of halogens is 8. The molecule has 0 aliphatic carbocycles. The molecular weight excluding hydrogens is 1680 g/mol. The number of unbranched alkanes of at least 4 members (excludes halogenated alkanes) is 24. The molecule has 0 fully saturated rings. The highest BCUT2D eigenvalue weighted by molar-refractivity contribution is 8.03. The molecular formula is C74H156Cl8N18O12S2. The van der Waals surface area contributed by atoms with Gasteiger partial charge in [0.2, 0.25) is 59.1 Å². The van der Waals surface area contributed by atoms with Crippen molar-refractivity contribution in [3.8, 4) is 0 Å². The van der Waals surface area contributed by atoms with Crippen LogP contribution in [0.2, 0.25) is 0 Å². The van der Waals surface area contributed by atoms with Gasteiger partial charge in [-0.05, 0) is 129 Å². The van der Waals surface area contributed by atoms with Crippen molar-refractivity contribution >= 4 is 182 Å². The summed E-state index contributed by atoms with van der Waals surface area (Å²) in [5.74, 6) is -5.85. The van der Waals surface area contributed by atoms with Gasteiger partial charge >= 0.3 is 0 Å². The monoisotopic (exact) mass is 1830 g/mol. The molecule has 0 saturated heterocycles. The molecule has 0 saturated carbocycles. The average Bonchev–Trinajstić information content (AvgIpc) is 0.872. The third kappa shape index (κ3) is 69.0. The number of rotatable bonds is 73. The first-order valence-electron chi connectivity index (χ1n) is 40.3. The van der Waals surface area contributed by atoms with E-state index in [1.54, 1.807) is 0 Å². The third-order valence-corrected chi connectivity index (χ3v) is 20.8. The van der Waals surface area contributed by atoms with E-state index in [-0.39, 0.29) is 173 Å². The number of hydrogen-bond acceptors (Lipinski definition) is 22. The molecule has 682 valence electrons. The van der Waals surface area contributed by atoms with E-state index in [0.717, 1.165) is 64.2 Å². The maximum atomic E-state index is 14.5. The first-order chi connectivity index (χ1) is 51.2. The largest absolute Gasteiger partial charge is 0.394 e. The number of thioether (sulfide) groups is 2. The Morgan fingerprint density at radius 3 is 0.728 bits per heavy atom. The van der Waals surface area contributed by atoms with Crippen LogP contribution in [-0.2, 0) is 47.9 Å². The Hall–Kier alpha value is -2.68. The lowest BCUT2D eigenvalue weighted by atomic mass is 10.1. The van der Waals surface area contributed by atoms with Crippen LogP contribution in [0.1, 0.15) is 258 Å². The summed E-state index contributed by atoms with van der Waals surface area (Å²) < 4.78 is 0. The van der Waals surface area contributed by atoms with Gasteiger partial charge in [0.05, 0.1) is 37.4 Å². The number of aliphatic hydroxyl groups is 2. The molecule has 10 atom stereocenters. The highest BCUT2D eigenvalue weighted by atomic mass is 35.5. The molecule has 114 heavy (non-hydrogen) atoms. The highest BCUT2D eigenvalue weighted by Gasteiger charge is 2.33. The summed E-state index contributed by atoms with van der Waals surface area (Å²) in [6, 6.07) is -11.3. The minimum absolute atomic E-state index is 0. The molecule has 0 radical (unpaired) electrons. The van der Waals surface area contributed by atoms with Crippen molar-refractivity contribution < 1.29 is 58.2 Å². The van der Waals surface area contributed by atoms with Gasteiger partial charge in [0.1, 0.15) is 36.3 Å². The molecule has 0 rings (SSSR count). The minimum atomic E-state index is -1.39. The van der Waals surface area contributed by atoms with Crippen LogP contribution < -0.4 is 99.0 Å². The predicted octanol–water partition coefficient (Wildman–Crippen LogP) is 5.19. The molecule has 0 bridgehead atoms. The first-order valence-corrected chi connectivity index (χ1v) is 42.6. The number of carbonyl (C=O) groups excluding carboxylic acids is 10. The Bertz CT molecular complexity index is 2220. The topological polar surface area (TPSA) is 540 Å². The van der Waals surface area contributed by atoms with Crippen molar-refractivity contribution in [1.29, 1.82) is 0 Å². The fourth-order valence-corrected chi connectivity index (χ4v) is 13.8. The van der Waals surface area contributed by atoms with Gasteiger partial charge in [-0.15, -0.1) is 99.3 Å². The molecule has 30 nitrogen and oxygen atoms in total. The van der Waals surface area contributed by atoms with Crippen LogP contribution in [0.5, 0.6) is 0 Å². The summed E-state index contributed by atoms with van der Waals surface area (Å²) >= 11 is 2.44. The number of hydrogen-bond donors (Lipinski definition) is 20. The van der Waals surface area contributed by atoms with Crippen LogP contribution in [0.3, 0.4) is 0 Å². The van der Waals surface area contributed by atoms with E-state index < -0.39 is 121 Å². The number of aliphatic hydroxyl groups excluding tert-OH is 2. The Morgan fingerprint density at radius 1 is 0.254 bits per heavy atom. The van der Waals surface area contributed by atoms with Crippen LogP contribution in [0.4, 0.5) is 0 Å². The lowest BCUT2D eigenvalue weighted by molar-refractivity contribution is -0.134. The summed E-state index contributed by atoms with van der Waals surface area (Å²) in [4.78, 5) is 138. The molecule has 0 spiro atoms. The second-order valence-corrected chi connectivity index (χ2v) is 30.3. The normalized spacial score (nSPS) is 13.2. The molecule has 28 N–H and O–H groups in total. The van der Waals surface area contributed by atoms with Gasteiger partial charge in [0.15, 0.2) is 0 Å². The van der Waals surface area contributed by atoms with E-state index in [9.17, 15) is 58.2 Å². The van der Waals surface area contributed by atoms with Crippen LogP contribution in [0.15, 0.2) is 0 Å². The van der Waals surface area contributed by atoms with Crippen LogP contribution in [0.25, 0.3) is 0 Å². The Balaban J connectivity index is -0.00000197. The van der Waals surface area contributed by atoms with Gasteiger partial charge in [0, 0.05) is 49.2 Å². The molecule has 0 aromatic carbocycles. The zero-order valence-corrected chi connectivity index (χ0v) is 76.4. The van der Waals surface area contributed by atoms with Gasteiger partial charge in [-0.2, -0.15) is 23.5 Å². The summed E-state index contributed by atoms with van der Waals surface area (Å²) in [7, 11) is 0. The molecule has 10 amide bonds. The fourth-order valence-electron chi connectivity index (χ4n) is 11.5. The second-order valence-electron chi connectivity index (χ2n) is 28.0. The average molecular weight is 1840 g/mol. The van der Waals surface area contributed by atoms with Crippen LogP contribution >= 0.6 is 123 Å². The summed E-state index contributed by atoms with van der Waals surface area (Å²) in [6.45, 7) is 5.70. The molecule has 0 heterocycles. The van der Waals surface area contributed by atoms with E-state index in [2.05, 4.69) is 67.0 Å². The summed E-state index contributed by atoms with van der Waals surface area (Å²) in [5, 5.41) is 48.6. The van der Waals surface area contributed by atoms with Gasteiger partial charge in [0.25, 0.3) is 0 Å². The first kappa shape index (κ1) is 129. The van der Waals surface area contributed by atoms with E-state index in [1.807, 2.05) is 0 Å². The SMILES string of the molecule is CCCCCCCCCCCCNC(=O)C(CO)NC(=O)C(CSCCSCC(NC(=O)C(CCCCNC(=O)C(N)CCCCN)NC(=O)C(N)CCCCN)C(=O)NC(CO)C(=O)NCCCCCCCCCCCC)NC(=O)C(CCCCNC(=O)C(N)CCCCN)NC(=O)C(N)CCCCN.Cl.Cl.Cl.Cl.Cl.Cl.Cl.Cl. The molecule has 0 aromatic heterocycles. The summed E-state index contributed by atoms with van der Waals surface area (Å²) in [5.41, 5.74) is 47.4. The maximum absolute atomic E-state index is 14.5. The van der Waals surface area contributed by atoms with E-state index in [1.165, 1.54) is 87.7 Å². The fraction of sp³-hybridized carbons (Fsp3) is 0.865. The van der Waals surface area contributed by atoms with Crippen molar-refractivity contribution in [1.82, 2.24) is 53.2 Å². The van der Waals surface area contributed by atoms with Gasteiger partial charge < -0.3 is 109 Å². The standard InChI is InChI=1S/C74H148N18O12S2.8ClH/c1-3-5-7-9-11-13-15-17-19-31-45-85-69(99)61(51-93)89-73(103)63(91-71(101)59(87-67(97)57(81)37-23-29-43-77)39-25-33-47-83-65(95)55(79)35-21-27-41-75)53-105-49-50-106-54-64(74(104)90-62(52-94)70(100)86-46-32-20-18-16-14-12-10-8-6-4-2)92-72(102)60(88-68(98)58(82)38-24-30-44-78)40-26-34-48-84-66(96)56(80)36-22-28-42-76;;;;;;;;/h55-64,93-94H,3-54,75-82H2,1-2H3,(H,83,95)(H,84,96)(H,85,99)(H,86,100)(H,87,97)(H,88,98)(H,89,103)(H,90,104)(H,91,101)(H,92,102);8*1H. The van der Waals surface area contributed by atoms with Gasteiger partial charge in [-0.3, -0.25) is 47.9 Å². The number of nitrogens with two attached hydrogens (primary N) is 8. The lowest BCUT2D eigenvalue weighted by Gasteiger charge is -2.26. The second kappa shape index (κ2) is 89.6. The van der Waals surface area contributed by atoms with Crippen LogP contribution in [0, 0.1) is 0 Å².